The van der Waals surface area contributed by atoms with Crippen molar-refractivity contribution in [2.45, 2.75) is 51.1 Å². The average Bonchev–Trinajstić information content (AvgIpc) is 2.99. The second kappa shape index (κ2) is 7.61. The molecule has 1 amide bonds. The van der Waals surface area contributed by atoms with Gasteiger partial charge in [0, 0.05) is 12.2 Å². The van der Waals surface area contributed by atoms with Crippen LogP contribution >= 0.6 is 11.6 Å². The summed E-state index contributed by atoms with van der Waals surface area (Å²) in [5, 5.41) is 15.6. The maximum atomic E-state index is 12.1. The largest absolute Gasteiger partial charge is 0.394 e. The van der Waals surface area contributed by atoms with E-state index in [1.54, 1.807) is 6.07 Å². The molecule has 5 nitrogen and oxygen atoms in total. The molecule has 0 aliphatic heterocycles. The number of amides is 1. The molecule has 21 heavy (non-hydrogen) atoms. The summed E-state index contributed by atoms with van der Waals surface area (Å²) in [6.45, 7) is 1.98. The summed E-state index contributed by atoms with van der Waals surface area (Å²) in [7, 11) is 0. The van der Waals surface area contributed by atoms with Gasteiger partial charge in [-0.05, 0) is 25.3 Å². The Labute approximate surface area is 130 Å². The molecule has 2 rings (SSSR count). The van der Waals surface area contributed by atoms with E-state index in [1.165, 1.54) is 19.0 Å². The molecule has 1 saturated carbocycles. The van der Waals surface area contributed by atoms with E-state index in [-0.39, 0.29) is 24.6 Å². The summed E-state index contributed by atoms with van der Waals surface area (Å²) >= 11 is 6.16. The number of carbonyl (C=O) groups is 1. The molecule has 0 radical (unpaired) electrons. The highest BCUT2D eigenvalue weighted by molar-refractivity contribution is 6.33. The van der Waals surface area contributed by atoms with Crippen LogP contribution in [0.4, 0.5) is 5.82 Å². The van der Waals surface area contributed by atoms with E-state index < -0.39 is 0 Å². The number of aliphatic hydroxyl groups is 1. The Kier molecular flexibility index (Phi) is 5.82. The van der Waals surface area contributed by atoms with Crippen molar-refractivity contribution >= 4 is 23.3 Å². The van der Waals surface area contributed by atoms with Gasteiger partial charge in [-0.3, -0.25) is 4.79 Å². The number of rotatable bonds is 6. The fourth-order valence-corrected chi connectivity index (χ4v) is 2.70. The second-order valence-electron chi connectivity index (χ2n) is 5.44. The summed E-state index contributed by atoms with van der Waals surface area (Å²) in [6.07, 6.45) is 6.71. The van der Waals surface area contributed by atoms with Gasteiger partial charge < -0.3 is 15.7 Å². The standard InChI is InChI=1S/C15H22ClN3O2/c1-2-11(9-20)18-14-13(16)7-10(8-17-14)15(21)19-12-5-3-4-6-12/h7-8,11-12,20H,2-6,9H2,1H3,(H,17,18)(H,19,21)/t11-/m1/s1. The van der Waals surface area contributed by atoms with Gasteiger partial charge in [0.1, 0.15) is 5.82 Å². The highest BCUT2D eigenvalue weighted by Crippen LogP contribution is 2.22. The first-order chi connectivity index (χ1) is 10.1. The third kappa shape index (κ3) is 4.32. The number of hydrogen-bond donors (Lipinski definition) is 3. The van der Waals surface area contributed by atoms with Crippen molar-refractivity contribution in [2.24, 2.45) is 0 Å². The fourth-order valence-electron chi connectivity index (χ4n) is 2.48. The number of aromatic nitrogens is 1. The van der Waals surface area contributed by atoms with Gasteiger partial charge in [0.05, 0.1) is 23.2 Å². The summed E-state index contributed by atoms with van der Waals surface area (Å²) in [5.74, 6) is 0.368. The van der Waals surface area contributed by atoms with Crippen molar-refractivity contribution in [3.05, 3.63) is 22.8 Å². The summed E-state index contributed by atoms with van der Waals surface area (Å²) < 4.78 is 0. The zero-order chi connectivity index (χ0) is 15.2. The topological polar surface area (TPSA) is 74.2 Å². The Morgan fingerprint density at radius 2 is 2.24 bits per heavy atom. The highest BCUT2D eigenvalue weighted by Gasteiger charge is 2.19. The summed E-state index contributed by atoms with van der Waals surface area (Å²) in [5.41, 5.74) is 0.467. The van der Waals surface area contributed by atoms with Crippen molar-refractivity contribution in [2.75, 3.05) is 11.9 Å². The van der Waals surface area contributed by atoms with E-state index in [0.717, 1.165) is 19.3 Å². The molecule has 1 fully saturated rings. The van der Waals surface area contributed by atoms with Crippen LogP contribution in [0.3, 0.4) is 0 Å². The molecular weight excluding hydrogens is 290 g/mol. The molecule has 0 unspecified atom stereocenters. The molecule has 116 valence electrons. The quantitative estimate of drug-likeness (QED) is 0.755. The third-order valence-corrected chi connectivity index (χ3v) is 4.14. The Morgan fingerprint density at radius 3 is 2.81 bits per heavy atom. The molecule has 0 aromatic carbocycles. The van der Waals surface area contributed by atoms with Crippen LogP contribution in [-0.2, 0) is 0 Å². The van der Waals surface area contributed by atoms with Crippen LogP contribution in [0.5, 0.6) is 0 Å². The van der Waals surface area contributed by atoms with Crippen LogP contribution in [0.25, 0.3) is 0 Å². The maximum absolute atomic E-state index is 12.1. The smallest absolute Gasteiger partial charge is 0.253 e. The number of anilines is 1. The molecule has 1 heterocycles. The van der Waals surface area contributed by atoms with Gasteiger partial charge in [-0.25, -0.2) is 4.98 Å². The second-order valence-corrected chi connectivity index (χ2v) is 5.85. The van der Waals surface area contributed by atoms with E-state index in [4.69, 9.17) is 11.6 Å². The third-order valence-electron chi connectivity index (χ3n) is 3.85. The molecule has 0 saturated heterocycles. The number of hydrogen-bond acceptors (Lipinski definition) is 4. The van der Waals surface area contributed by atoms with Gasteiger partial charge in [-0.2, -0.15) is 0 Å². The number of halogens is 1. The lowest BCUT2D eigenvalue weighted by Gasteiger charge is -2.16. The van der Waals surface area contributed by atoms with Crippen LogP contribution in [0.15, 0.2) is 12.3 Å². The lowest BCUT2D eigenvalue weighted by molar-refractivity contribution is 0.0937. The highest BCUT2D eigenvalue weighted by atomic mass is 35.5. The number of nitrogens with zero attached hydrogens (tertiary/aromatic N) is 1. The minimum Gasteiger partial charge on any atom is -0.394 e. The van der Waals surface area contributed by atoms with Crippen LogP contribution < -0.4 is 10.6 Å². The van der Waals surface area contributed by atoms with E-state index >= 15 is 0 Å². The molecule has 6 heteroatoms. The van der Waals surface area contributed by atoms with Crippen molar-refractivity contribution in [1.82, 2.24) is 10.3 Å². The van der Waals surface area contributed by atoms with Gasteiger partial charge >= 0.3 is 0 Å². The van der Waals surface area contributed by atoms with Crippen molar-refractivity contribution < 1.29 is 9.90 Å². The Bertz CT molecular complexity index is 486. The van der Waals surface area contributed by atoms with Gasteiger partial charge in [-0.15, -0.1) is 0 Å². The van der Waals surface area contributed by atoms with Crippen LogP contribution in [-0.4, -0.2) is 34.7 Å². The Balaban J connectivity index is 2.01. The lowest BCUT2D eigenvalue weighted by Crippen LogP contribution is -2.32. The number of carbonyl (C=O) groups excluding carboxylic acids is 1. The van der Waals surface area contributed by atoms with Crippen molar-refractivity contribution in [1.29, 1.82) is 0 Å². The molecular formula is C15H22ClN3O2. The molecule has 1 aromatic rings. The first-order valence-electron chi connectivity index (χ1n) is 7.47. The summed E-state index contributed by atoms with van der Waals surface area (Å²) in [6, 6.07) is 1.80. The predicted octanol–water partition coefficient (Wildman–Crippen LogP) is 2.59. The maximum Gasteiger partial charge on any atom is 0.253 e. The SMILES string of the molecule is CC[C@H](CO)Nc1ncc(C(=O)NC2CCCC2)cc1Cl. The van der Waals surface area contributed by atoms with E-state index in [0.29, 0.717) is 16.4 Å². The minimum atomic E-state index is -0.128. The first-order valence-corrected chi connectivity index (χ1v) is 7.85. The van der Waals surface area contributed by atoms with Gasteiger partial charge in [0.15, 0.2) is 0 Å². The molecule has 1 aliphatic rings. The lowest BCUT2D eigenvalue weighted by atomic mass is 10.2. The zero-order valence-corrected chi connectivity index (χ0v) is 13.0. The summed E-state index contributed by atoms with van der Waals surface area (Å²) in [4.78, 5) is 16.3. The van der Waals surface area contributed by atoms with Crippen molar-refractivity contribution in [3.8, 4) is 0 Å². The van der Waals surface area contributed by atoms with E-state index in [9.17, 15) is 9.90 Å². The zero-order valence-electron chi connectivity index (χ0n) is 12.2. The Morgan fingerprint density at radius 1 is 1.52 bits per heavy atom. The normalized spacial score (nSPS) is 16.7. The molecule has 1 atom stereocenters. The Hall–Kier alpha value is -1.33. The van der Waals surface area contributed by atoms with Gasteiger partial charge in [-0.1, -0.05) is 31.4 Å². The average molecular weight is 312 g/mol. The molecule has 0 bridgehead atoms. The van der Waals surface area contributed by atoms with Crippen LogP contribution in [0.1, 0.15) is 49.4 Å². The van der Waals surface area contributed by atoms with Crippen molar-refractivity contribution in [3.63, 3.8) is 0 Å². The van der Waals surface area contributed by atoms with Gasteiger partial charge in [0.25, 0.3) is 5.91 Å². The number of aliphatic hydroxyl groups excluding tert-OH is 1. The predicted molar refractivity (Wildman–Crippen MR) is 83.8 cm³/mol. The van der Waals surface area contributed by atoms with Crippen LogP contribution in [0, 0.1) is 0 Å². The first kappa shape index (κ1) is 16.0. The number of nitrogens with one attached hydrogen (secondary N) is 2. The molecule has 1 aliphatic carbocycles. The number of pyridine rings is 1. The monoisotopic (exact) mass is 311 g/mol. The fraction of sp³-hybridized carbons (Fsp3) is 0.600. The van der Waals surface area contributed by atoms with E-state index in [2.05, 4.69) is 15.6 Å². The minimum absolute atomic E-state index is 0.0123. The molecule has 0 spiro atoms. The molecule has 3 N–H and O–H groups in total. The van der Waals surface area contributed by atoms with Gasteiger partial charge in [0.2, 0.25) is 0 Å². The van der Waals surface area contributed by atoms with E-state index in [1.807, 2.05) is 6.92 Å². The molecule has 1 aromatic heterocycles. The van der Waals surface area contributed by atoms with Crippen LogP contribution in [0.2, 0.25) is 5.02 Å².